The van der Waals surface area contributed by atoms with Gasteiger partial charge in [-0.15, -0.1) is 0 Å². The number of hydrogen-bond donors (Lipinski definition) is 0. The molecule has 2 aliphatic heterocycles. The molecule has 0 aliphatic carbocycles. The van der Waals surface area contributed by atoms with Crippen molar-refractivity contribution >= 4 is 57.8 Å². The van der Waals surface area contributed by atoms with Crippen LogP contribution in [0.2, 0.25) is 0 Å². The number of piperazine rings is 1. The number of amides is 2. The minimum atomic E-state index is -0.360. The fourth-order valence-electron chi connectivity index (χ4n) is 5.08. The first-order valence-corrected chi connectivity index (χ1v) is 15.1. The molecular weight excluding hydrogens is 590 g/mol. The van der Waals surface area contributed by atoms with Gasteiger partial charge in [0.05, 0.1) is 31.3 Å². The number of nitrogens with zero attached hydrogens (tertiary/aromatic N) is 5. The molecule has 0 bridgehead atoms. The van der Waals surface area contributed by atoms with Crippen LogP contribution >= 0.6 is 24.0 Å². The normalized spacial score (nSPS) is 16.4. The Morgan fingerprint density at radius 2 is 1.84 bits per heavy atom. The minimum Gasteiger partial charge on any atom is -0.493 e. The predicted molar refractivity (Wildman–Crippen MR) is 170 cm³/mol. The molecule has 11 nitrogen and oxygen atoms in total. The number of methoxy groups -OCH3 is 2. The highest BCUT2D eigenvalue weighted by atomic mass is 32.2. The van der Waals surface area contributed by atoms with Crippen LogP contribution in [0, 0.1) is 6.92 Å². The molecule has 13 heteroatoms. The number of rotatable bonds is 8. The van der Waals surface area contributed by atoms with Gasteiger partial charge < -0.3 is 24.0 Å². The van der Waals surface area contributed by atoms with E-state index in [1.807, 2.05) is 36.1 Å². The van der Waals surface area contributed by atoms with E-state index >= 15 is 0 Å². The summed E-state index contributed by atoms with van der Waals surface area (Å²) in [5.41, 5.74) is 2.36. The Hall–Kier alpha value is -4.10. The van der Waals surface area contributed by atoms with E-state index < -0.39 is 0 Å². The monoisotopic (exact) mass is 623 g/mol. The number of aromatic nitrogens is 2. The summed E-state index contributed by atoms with van der Waals surface area (Å²) in [6, 6.07) is 9.32. The second-order valence-electron chi connectivity index (χ2n) is 9.98. The van der Waals surface area contributed by atoms with Gasteiger partial charge in [0.2, 0.25) is 0 Å². The molecule has 226 valence electrons. The van der Waals surface area contributed by atoms with Crippen LogP contribution in [-0.2, 0) is 16.0 Å². The van der Waals surface area contributed by atoms with E-state index in [1.54, 1.807) is 49.3 Å². The Balaban J connectivity index is 1.44. The Labute approximate surface area is 259 Å². The van der Waals surface area contributed by atoms with E-state index in [9.17, 15) is 14.4 Å². The van der Waals surface area contributed by atoms with E-state index in [0.717, 1.165) is 11.1 Å². The number of carbonyl (C=O) groups is 2. The highest BCUT2D eigenvalue weighted by molar-refractivity contribution is 8.26. The largest absolute Gasteiger partial charge is 0.493 e. The van der Waals surface area contributed by atoms with Crippen LogP contribution in [0.25, 0.3) is 11.7 Å². The molecule has 3 aromatic rings. The maximum atomic E-state index is 13.9. The lowest BCUT2D eigenvalue weighted by molar-refractivity contribution is -0.122. The van der Waals surface area contributed by atoms with Crippen molar-refractivity contribution in [3.05, 3.63) is 68.5 Å². The smallest absolute Gasteiger partial charge is 0.409 e. The molecule has 2 amide bonds. The van der Waals surface area contributed by atoms with Crippen molar-refractivity contribution in [2.45, 2.75) is 20.3 Å². The van der Waals surface area contributed by atoms with E-state index in [2.05, 4.69) is 0 Å². The zero-order valence-electron chi connectivity index (χ0n) is 24.5. The van der Waals surface area contributed by atoms with Gasteiger partial charge in [-0.2, -0.15) is 0 Å². The zero-order chi connectivity index (χ0) is 30.7. The van der Waals surface area contributed by atoms with Crippen LogP contribution < -0.4 is 19.9 Å². The summed E-state index contributed by atoms with van der Waals surface area (Å²) in [7, 11) is 3.16. The summed E-state index contributed by atoms with van der Waals surface area (Å²) in [6.07, 6.45) is 3.47. The number of carbonyl (C=O) groups excluding carboxylic acids is 2. The first kappa shape index (κ1) is 30.4. The molecule has 4 heterocycles. The lowest BCUT2D eigenvalue weighted by atomic mass is 10.1. The molecule has 2 fully saturated rings. The van der Waals surface area contributed by atoms with Crippen LogP contribution in [0.3, 0.4) is 0 Å². The fourth-order valence-corrected chi connectivity index (χ4v) is 6.37. The second kappa shape index (κ2) is 13.0. The van der Waals surface area contributed by atoms with Crippen LogP contribution in [0.1, 0.15) is 23.6 Å². The highest BCUT2D eigenvalue weighted by Gasteiger charge is 2.33. The first-order chi connectivity index (χ1) is 20.7. The third-order valence-electron chi connectivity index (χ3n) is 7.39. The van der Waals surface area contributed by atoms with Crippen LogP contribution in [0.15, 0.2) is 46.2 Å². The summed E-state index contributed by atoms with van der Waals surface area (Å²) in [5.74, 6) is 1.45. The summed E-state index contributed by atoms with van der Waals surface area (Å²) in [6.45, 7) is 6.10. The molecule has 0 atom stereocenters. The lowest BCUT2D eigenvalue weighted by Gasteiger charge is -2.35. The third kappa shape index (κ3) is 6.18. The maximum Gasteiger partial charge on any atom is 0.409 e. The first-order valence-electron chi connectivity index (χ1n) is 13.9. The molecule has 0 saturated carbocycles. The topological polar surface area (TPSA) is 106 Å². The Bertz CT molecular complexity index is 1660. The highest BCUT2D eigenvalue weighted by Crippen LogP contribution is 2.34. The molecule has 0 N–H and O–H groups in total. The number of fused-ring (bicyclic) bond motifs is 1. The average molecular weight is 624 g/mol. The van der Waals surface area contributed by atoms with Crippen molar-refractivity contribution in [1.29, 1.82) is 0 Å². The van der Waals surface area contributed by atoms with Gasteiger partial charge in [-0.25, -0.2) is 9.78 Å². The summed E-state index contributed by atoms with van der Waals surface area (Å²) in [5, 5.41) is 0. The average Bonchev–Trinajstić information content (AvgIpc) is 3.28. The van der Waals surface area contributed by atoms with Crippen molar-refractivity contribution in [1.82, 2.24) is 19.2 Å². The lowest BCUT2D eigenvalue weighted by Crippen LogP contribution is -2.49. The SMILES string of the molecule is CCOC(=O)N1CCN(c2nc3c(C)cccn3c(=O)c2/C=C2/SC(=S)N(CCc3ccc(OC)c(OC)c3)C2=O)CC1. The van der Waals surface area contributed by atoms with E-state index in [0.29, 0.717) is 83.5 Å². The number of anilines is 1. The molecule has 2 aromatic heterocycles. The number of aryl methyl sites for hydroxylation is 1. The number of benzene rings is 1. The van der Waals surface area contributed by atoms with Crippen molar-refractivity contribution in [2.24, 2.45) is 0 Å². The predicted octanol–water partition coefficient (Wildman–Crippen LogP) is 3.74. The van der Waals surface area contributed by atoms with Gasteiger partial charge in [-0.1, -0.05) is 36.1 Å². The minimum absolute atomic E-state index is 0.262. The molecule has 2 saturated heterocycles. The van der Waals surface area contributed by atoms with E-state index in [-0.39, 0.29) is 17.6 Å². The van der Waals surface area contributed by atoms with E-state index in [1.165, 1.54) is 16.2 Å². The van der Waals surface area contributed by atoms with Gasteiger partial charge in [-0.3, -0.25) is 18.9 Å². The van der Waals surface area contributed by atoms with Crippen LogP contribution in [-0.4, -0.2) is 89.1 Å². The molecule has 0 spiro atoms. The van der Waals surface area contributed by atoms with Crippen LogP contribution in [0.5, 0.6) is 11.5 Å². The quantitative estimate of drug-likeness (QED) is 0.272. The fraction of sp³-hybridized carbons (Fsp3) is 0.367. The van der Waals surface area contributed by atoms with Gasteiger partial charge in [0.25, 0.3) is 11.5 Å². The molecule has 1 aromatic carbocycles. The number of thiocarbonyl (C=S) groups is 1. The number of thioether (sulfide) groups is 1. The van der Waals surface area contributed by atoms with Crippen molar-refractivity contribution < 1.29 is 23.8 Å². The van der Waals surface area contributed by atoms with Gasteiger partial charge in [0.15, 0.2) is 11.5 Å². The Morgan fingerprint density at radius 1 is 1.09 bits per heavy atom. The molecule has 43 heavy (non-hydrogen) atoms. The Morgan fingerprint density at radius 3 is 2.53 bits per heavy atom. The maximum absolute atomic E-state index is 13.9. The molecule has 5 rings (SSSR count). The van der Waals surface area contributed by atoms with Crippen molar-refractivity contribution in [2.75, 3.05) is 58.5 Å². The van der Waals surface area contributed by atoms with Crippen molar-refractivity contribution in [3.63, 3.8) is 0 Å². The molecule has 0 radical (unpaired) electrons. The summed E-state index contributed by atoms with van der Waals surface area (Å²) in [4.78, 5) is 50.1. The van der Waals surface area contributed by atoms with Gasteiger partial charge in [-0.05, 0) is 55.7 Å². The zero-order valence-corrected chi connectivity index (χ0v) is 26.1. The van der Waals surface area contributed by atoms with Gasteiger partial charge in [0, 0.05) is 38.9 Å². The summed E-state index contributed by atoms with van der Waals surface area (Å²) < 4.78 is 17.8. The Kier molecular flexibility index (Phi) is 9.21. The second-order valence-corrected chi connectivity index (χ2v) is 11.7. The van der Waals surface area contributed by atoms with Crippen molar-refractivity contribution in [3.8, 4) is 11.5 Å². The summed E-state index contributed by atoms with van der Waals surface area (Å²) >= 11 is 6.75. The van der Waals surface area contributed by atoms with E-state index in [4.69, 9.17) is 31.4 Å². The molecular formula is C30H33N5O6S2. The van der Waals surface area contributed by atoms with Crippen LogP contribution in [0.4, 0.5) is 10.6 Å². The number of pyridine rings is 1. The molecule has 2 aliphatic rings. The molecule has 0 unspecified atom stereocenters. The standard InChI is InChI=1S/C30H33N5O6S2/c1-5-41-29(38)33-15-13-32(14-16-33)26-21(27(36)34-11-6-7-19(2)25(34)31-26)18-24-28(37)35(30(42)43-24)12-10-20-8-9-22(39-3)23(17-20)40-4/h6-9,11,17-18H,5,10,12-16H2,1-4H3/b24-18+. The van der Waals surface area contributed by atoms with Gasteiger partial charge >= 0.3 is 6.09 Å². The number of hydrogen-bond acceptors (Lipinski definition) is 10. The third-order valence-corrected chi connectivity index (χ3v) is 8.77. The van der Waals surface area contributed by atoms with Gasteiger partial charge in [0.1, 0.15) is 15.8 Å². The number of ether oxygens (including phenoxy) is 3.